The first kappa shape index (κ1) is 11.5. The lowest BCUT2D eigenvalue weighted by molar-refractivity contribution is -0.136. The molecule has 0 saturated carbocycles. The summed E-state index contributed by atoms with van der Waals surface area (Å²) in [5, 5.41) is 12.8. The fraction of sp³-hybridized carbons (Fsp3) is 0.556. The van der Waals surface area contributed by atoms with Gasteiger partial charge in [-0.3, -0.25) is 9.48 Å². The van der Waals surface area contributed by atoms with Crippen LogP contribution in [0.25, 0.3) is 0 Å². The Balaban J connectivity index is 2.76. The van der Waals surface area contributed by atoms with Gasteiger partial charge in [-0.05, 0) is 28.5 Å². The van der Waals surface area contributed by atoms with Gasteiger partial charge in [0.05, 0.1) is 15.7 Å². The molecule has 5 heteroatoms. The zero-order valence-electron chi connectivity index (χ0n) is 8.20. The Labute approximate surface area is 96.4 Å². The summed E-state index contributed by atoms with van der Waals surface area (Å²) in [5.74, 6) is -0.318. The number of hydrogen-bond acceptors (Lipinski definition) is 2. The predicted octanol–water partition coefficient (Wildman–Crippen LogP) is 1.77. The highest BCUT2D eigenvalue weighted by atomic mass is 127. The van der Waals surface area contributed by atoms with Crippen molar-refractivity contribution in [2.24, 2.45) is 5.92 Å². The molecular weight excluding hydrogens is 295 g/mol. The maximum Gasteiger partial charge on any atom is 0.309 e. The van der Waals surface area contributed by atoms with Crippen molar-refractivity contribution in [2.75, 3.05) is 0 Å². The van der Waals surface area contributed by atoms with Crippen LogP contribution in [0.3, 0.4) is 0 Å². The van der Waals surface area contributed by atoms with Crippen LogP contribution in [0.4, 0.5) is 0 Å². The molecule has 0 atom stereocenters. The third-order valence-corrected chi connectivity index (χ3v) is 2.56. The highest BCUT2D eigenvalue weighted by molar-refractivity contribution is 14.1. The molecule has 4 nitrogen and oxygen atoms in total. The Morgan fingerprint density at radius 3 is 2.86 bits per heavy atom. The Bertz CT molecular complexity index is 334. The van der Waals surface area contributed by atoms with Crippen LogP contribution < -0.4 is 0 Å². The van der Waals surface area contributed by atoms with Gasteiger partial charge in [0, 0.05) is 12.7 Å². The van der Waals surface area contributed by atoms with Crippen molar-refractivity contribution >= 4 is 28.6 Å². The predicted molar refractivity (Wildman–Crippen MR) is 61.1 cm³/mol. The van der Waals surface area contributed by atoms with Crippen LogP contribution in [-0.4, -0.2) is 20.9 Å². The summed E-state index contributed by atoms with van der Waals surface area (Å²) in [7, 11) is 0. The minimum absolute atomic E-state index is 0.00334. The molecule has 1 N–H and O–H groups in total. The SMILES string of the molecule is CC(C)Cn1cc(I)c(CC(=O)O)n1. The second-order valence-electron chi connectivity index (χ2n) is 3.61. The largest absolute Gasteiger partial charge is 0.481 e. The Hall–Kier alpha value is -0.590. The zero-order valence-corrected chi connectivity index (χ0v) is 10.4. The molecule has 0 unspecified atom stereocenters. The molecule has 1 aromatic heterocycles. The van der Waals surface area contributed by atoms with Gasteiger partial charge >= 0.3 is 5.97 Å². The van der Waals surface area contributed by atoms with Crippen molar-refractivity contribution in [2.45, 2.75) is 26.8 Å². The van der Waals surface area contributed by atoms with Gasteiger partial charge in [-0.25, -0.2) is 0 Å². The molecule has 0 amide bonds. The van der Waals surface area contributed by atoms with E-state index in [0.717, 1.165) is 10.1 Å². The lowest BCUT2D eigenvalue weighted by Gasteiger charge is -2.03. The van der Waals surface area contributed by atoms with Gasteiger partial charge in [0.2, 0.25) is 0 Å². The van der Waals surface area contributed by atoms with Gasteiger partial charge in [0.25, 0.3) is 0 Å². The summed E-state index contributed by atoms with van der Waals surface area (Å²) < 4.78 is 2.73. The van der Waals surface area contributed by atoms with Crippen LogP contribution in [-0.2, 0) is 17.8 Å². The number of hydrogen-bond donors (Lipinski definition) is 1. The molecule has 0 saturated heterocycles. The normalized spacial score (nSPS) is 10.9. The van der Waals surface area contributed by atoms with E-state index in [4.69, 9.17) is 5.11 Å². The van der Waals surface area contributed by atoms with E-state index in [2.05, 4.69) is 41.5 Å². The topological polar surface area (TPSA) is 55.1 Å². The highest BCUT2D eigenvalue weighted by Gasteiger charge is 2.10. The van der Waals surface area contributed by atoms with Crippen LogP contribution in [0.15, 0.2) is 6.20 Å². The van der Waals surface area contributed by atoms with Gasteiger partial charge in [-0.2, -0.15) is 5.10 Å². The fourth-order valence-electron chi connectivity index (χ4n) is 1.17. The maximum atomic E-state index is 10.5. The quantitative estimate of drug-likeness (QED) is 0.863. The van der Waals surface area contributed by atoms with E-state index in [1.54, 1.807) is 0 Å². The number of halogens is 1. The van der Waals surface area contributed by atoms with E-state index < -0.39 is 5.97 Å². The molecular formula is C9H13IN2O2. The molecule has 0 aliphatic rings. The zero-order chi connectivity index (χ0) is 10.7. The van der Waals surface area contributed by atoms with E-state index in [0.29, 0.717) is 11.6 Å². The molecule has 0 radical (unpaired) electrons. The molecule has 0 aromatic carbocycles. The van der Waals surface area contributed by atoms with Crippen molar-refractivity contribution in [1.29, 1.82) is 0 Å². The molecule has 0 aliphatic heterocycles. The average Bonchev–Trinajstić information content (AvgIpc) is 2.28. The Morgan fingerprint density at radius 1 is 1.71 bits per heavy atom. The molecule has 0 spiro atoms. The van der Waals surface area contributed by atoms with Crippen LogP contribution in [0.1, 0.15) is 19.5 Å². The average molecular weight is 308 g/mol. The summed E-state index contributed by atoms with van der Waals surface area (Å²) >= 11 is 2.11. The van der Waals surface area contributed by atoms with Crippen LogP contribution in [0.5, 0.6) is 0 Å². The van der Waals surface area contributed by atoms with E-state index in [1.165, 1.54) is 0 Å². The molecule has 1 heterocycles. The lowest BCUT2D eigenvalue weighted by atomic mass is 10.2. The summed E-state index contributed by atoms with van der Waals surface area (Å²) in [6, 6.07) is 0. The van der Waals surface area contributed by atoms with Crippen molar-refractivity contribution in [3.63, 3.8) is 0 Å². The number of aromatic nitrogens is 2. The van der Waals surface area contributed by atoms with Crippen LogP contribution in [0, 0.1) is 9.49 Å². The Kier molecular flexibility index (Phi) is 3.91. The first-order valence-corrected chi connectivity index (χ1v) is 5.50. The van der Waals surface area contributed by atoms with Crippen molar-refractivity contribution < 1.29 is 9.90 Å². The number of carboxylic acid groups (broad SMARTS) is 1. The summed E-state index contributed by atoms with van der Waals surface area (Å²) in [5.41, 5.74) is 0.652. The fourth-order valence-corrected chi connectivity index (χ4v) is 1.79. The third kappa shape index (κ3) is 3.28. The molecule has 1 rings (SSSR count). The summed E-state index contributed by atoms with van der Waals surface area (Å²) in [4.78, 5) is 10.5. The first-order valence-electron chi connectivity index (χ1n) is 4.42. The minimum atomic E-state index is -0.835. The monoisotopic (exact) mass is 308 g/mol. The van der Waals surface area contributed by atoms with Gasteiger partial charge in [0.1, 0.15) is 0 Å². The number of nitrogens with zero attached hydrogens (tertiary/aromatic N) is 2. The van der Waals surface area contributed by atoms with Crippen molar-refractivity contribution in [3.05, 3.63) is 15.5 Å². The Morgan fingerprint density at radius 2 is 2.36 bits per heavy atom. The molecule has 0 bridgehead atoms. The summed E-state index contributed by atoms with van der Waals surface area (Å²) in [6.45, 7) is 5.03. The first-order chi connectivity index (χ1) is 6.49. The molecule has 0 fully saturated rings. The molecule has 0 aliphatic carbocycles. The lowest BCUT2D eigenvalue weighted by Crippen LogP contribution is -2.07. The number of carboxylic acids is 1. The highest BCUT2D eigenvalue weighted by Crippen LogP contribution is 2.12. The number of carbonyl (C=O) groups is 1. The van der Waals surface area contributed by atoms with Gasteiger partial charge in [-0.15, -0.1) is 0 Å². The van der Waals surface area contributed by atoms with E-state index in [-0.39, 0.29) is 6.42 Å². The third-order valence-electron chi connectivity index (χ3n) is 1.66. The standard InChI is InChI=1S/C9H13IN2O2/c1-6(2)4-12-5-7(10)8(11-12)3-9(13)14/h5-6H,3-4H2,1-2H3,(H,13,14). The van der Waals surface area contributed by atoms with Crippen LogP contribution in [0.2, 0.25) is 0 Å². The molecule has 14 heavy (non-hydrogen) atoms. The van der Waals surface area contributed by atoms with Crippen molar-refractivity contribution in [3.8, 4) is 0 Å². The van der Waals surface area contributed by atoms with Gasteiger partial charge < -0.3 is 5.11 Å². The van der Waals surface area contributed by atoms with Gasteiger partial charge in [0.15, 0.2) is 0 Å². The van der Waals surface area contributed by atoms with Gasteiger partial charge in [-0.1, -0.05) is 13.8 Å². The number of aliphatic carboxylic acids is 1. The van der Waals surface area contributed by atoms with E-state index in [9.17, 15) is 4.79 Å². The second kappa shape index (κ2) is 4.77. The molecule has 1 aromatic rings. The maximum absolute atomic E-state index is 10.5. The van der Waals surface area contributed by atoms with E-state index in [1.807, 2.05) is 10.9 Å². The second-order valence-corrected chi connectivity index (χ2v) is 4.77. The number of rotatable bonds is 4. The summed E-state index contributed by atoms with van der Waals surface area (Å²) in [6.07, 6.45) is 1.89. The van der Waals surface area contributed by atoms with Crippen LogP contribution >= 0.6 is 22.6 Å². The van der Waals surface area contributed by atoms with Crippen molar-refractivity contribution in [1.82, 2.24) is 9.78 Å². The minimum Gasteiger partial charge on any atom is -0.481 e. The van der Waals surface area contributed by atoms with E-state index >= 15 is 0 Å². The molecule has 78 valence electrons. The smallest absolute Gasteiger partial charge is 0.309 e.